The highest BCUT2D eigenvalue weighted by Crippen LogP contribution is 2.52. The number of hydrogen-bond donors (Lipinski definition) is 0. The molecule has 4 nitrogen and oxygen atoms in total. The number of thiophene rings is 4. The highest BCUT2D eigenvalue weighted by molar-refractivity contribution is 9.11. The first-order valence-corrected chi connectivity index (χ1v) is 35.6. The Morgan fingerprint density at radius 1 is 0.351 bits per heavy atom. The molecule has 0 aliphatic carbocycles. The van der Waals surface area contributed by atoms with Crippen molar-refractivity contribution in [1.82, 2.24) is 9.80 Å². The Kier molecular flexibility index (Phi) is 29.6. The maximum Gasteiger partial charge on any atom is 0.261 e. The highest BCUT2D eigenvalue weighted by atomic mass is 79.9. The SMILES string of the molecule is CCCCCCCCCCC(CCCCCCCCCC)CCN1C(=O)C2=C(c3cc4sc(Br)cc4s3)N(CCC(CCCCCCCCCC)CCCCCCCCCC)C(=O)C2=C1c1cc2sc(Br)cc2s1. The van der Waals surface area contributed by atoms with E-state index < -0.39 is 0 Å². The van der Waals surface area contributed by atoms with Crippen molar-refractivity contribution in [1.29, 1.82) is 0 Å². The Bertz CT molecular complexity index is 2040. The van der Waals surface area contributed by atoms with Crippen LogP contribution >= 0.6 is 77.2 Å². The van der Waals surface area contributed by atoms with E-state index in [-0.39, 0.29) is 11.8 Å². The maximum absolute atomic E-state index is 15.6. The van der Waals surface area contributed by atoms with Crippen molar-refractivity contribution < 1.29 is 9.59 Å². The molecule has 0 spiro atoms. The lowest BCUT2D eigenvalue weighted by Crippen LogP contribution is -2.32. The molecule has 2 aliphatic heterocycles. The van der Waals surface area contributed by atoms with E-state index in [2.05, 4.69) is 93.6 Å². The molecule has 4 aromatic heterocycles. The second-order valence-electron chi connectivity index (χ2n) is 22.5. The number of halogens is 2. The summed E-state index contributed by atoms with van der Waals surface area (Å²) in [7, 11) is 0. The van der Waals surface area contributed by atoms with Gasteiger partial charge in [-0.15, -0.1) is 45.3 Å². The minimum absolute atomic E-state index is 0.0454. The Morgan fingerprint density at radius 3 is 0.878 bits per heavy atom. The molecule has 6 heterocycles. The van der Waals surface area contributed by atoms with E-state index in [0.717, 1.165) is 41.6 Å². The lowest BCUT2D eigenvalue weighted by Gasteiger charge is -2.27. The molecule has 6 rings (SSSR count). The summed E-state index contributed by atoms with van der Waals surface area (Å²) in [5.74, 6) is 1.26. The number of hydrogen-bond acceptors (Lipinski definition) is 6. The first kappa shape index (κ1) is 61.9. The molecule has 74 heavy (non-hydrogen) atoms. The van der Waals surface area contributed by atoms with Gasteiger partial charge in [0.25, 0.3) is 11.8 Å². The summed E-state index contributed by atoms with van der Waals surface area (Å²) < 4.78 is 7.11. The number of carbonyl (C=O) groups is 2. The molecule has 0 bridgehead atoms. The van der Waals surface area contributed by atoms with E-state index in [1.807, 2.05) is 0 Å². The van der Waals surface area contributed by atoms with E-state index >= 15 is 9.59 Å². The normalized spacial score (nSPS) is 14.2. The molecule has 414 valence electrons. The summed E-state index contributed by atoms with van der Waals surface area (Å²) in [5.41, 5.74) is 3.10. The molecule has 0 unspecified atom stereocenters. The largest absolute Gasteiger partial charge is 0.306 e. The minimum atomic E-state index is 0.0454. The minimum Gasteiger partial charge on any atom is -0.306 e. The van der Waals surface area contributed by atoms with Gasteiger partial charge in [0, 0.05) is 31.9 Å². The smallest absolute Gasteiger partial charge is 0.261 e. The predicted molar refractivity (Wildman–Crippen MR) is 337 cm³/mol. The monoisotopic (exact) mass is 1210 g/mol. The summed E-state index contributed by atoms with van der Waals surface area (Å²) in [6, 6.07) is 8.98. The van der Waals surface area contributed by atoms with Gasteiger partial charge in [-0.05, 0) is 80.8 Å². The lowest BCUT2D eigenvalue weighted by atomic mass is 9.91. The van der Waals surface area contributed by atoms with Crippen LogP contribution in [0.4, 0.5) is 0 Å². The molecule has 4 aromatic rings. The van der Waals surface area contributed by atoms with E-state index in [1.54, 1.807) is 45.3 Å². The van der Waals surface area contributed by atoms with Crippen molar-refractivity contribution in [3.05, 3.63) is 52.7 Å². The second-order valence-corrected chi connectivity index (χ2v) is 29.6. The first-order valence-electron chi connectivity index (χ1n) is 30.8. The summed E-state index contributed by atoms with van der Waals surface area (Å²) in [6.07, 6.45) is 49.7. The average molecular weight is 1220 g/mol. The van der Waals surface area contributed by atoms with E-state index in [9.17, 15) is 0 Å². The summed E-state index contributed by atoms with van der Waals surface area (Å²) in [6.45, 7) is 10.5. The van der Waals surface area contributed by atoms with Crippen molar-refractivity contribution in [2.75, 3.05) is 13.1 Å². The van der Waals surface area contributed by atoms with Crippen LogP contribution in [-0.2, 0) is 9.59 Å². The molecule has 0 atom stereocenters. The first-order chi connectivity index (χ1) is 36.3. The van der Waals surface area contributed by atoms with Gasteiger partial charge in [-0.25, -0.2) is 0 Å². The van der Waals surface area contributed by atoms with Crippen LogP contribution in [0.5, 0.6) is 0 Å². The zero-order valence-electron chi connectivity index (χ0n) is 46.8. The molecule has 2 amide bonds. The number of carbonyl (C=O) groups excluding carboxylic acids is 2. The fraction of sp³-hybridized carbons (Fsp3) is 0.719. The molecular weight excluding hydrogens is 1120 g/mol. The third kappa shape index (κ3) is 19.5. The standard InChI is InChI=1S/C64H98Br2N2O2S4/c1-5-9-13-17-21-25-29-33-37-49(38-34-30-26-22-18-14-10-6-2)41-43-67-61(55-45-51-53(71-55)47-57(65)73-51)59-60(63(67)69)62(56-46-52-54(72-56)48-58(66)74-52)68(64(59)70)44-42-50(39-35-31-27-23-19-15-11-7-3)40-36-32-28-24-20-16-12-8-4/h45-50H,5-44H2,1-4H3. The van der Waals surface area contributed by atoms with Gasteiger partial charge < -0.3 is 9.80 Å². The maximum atomic E-state index is 15.6. The lowest BCUT2D eigenvalue weighted by molar-refractivity contribution is -0.124. The molecule has 0 saturated carbocycles. The fourth-order valence-corrected chi connectivity index (χ4v) is 18.1. The van der Waals surface area contributed by atoms with E-state index in [4.69, 9.17) is 0 Å². The van der Waals surface area contributed by atoms with Gasteiger partial charge >= 0.3 is 0 Å². The van der Waals surface area contributed by atoms with Crippen LogP contribution in [0.3, 0.4) is 0 Å². The molecule has 0 saturated heterocycles. The Labute approximate surface area is 484 Å². The summed E-state index contributed by atoms with van der Waals surface area (Å²) >= 11 is 14.5. The van der Waals surface area contributed by atoms with Crippen LogP contribution < -0.4 is 0 Å². The van der Waals surface area contributed by atoms with Crippen molar-refractivity contribution in [2.24, 2.45) is 11.8 Å². The molecule has 0 N–H and O–H groups in total. The van der Waals surface area contributed by atoms with Crippen molar-refractivity contribution in [2.45, 2.75) is 272 Å². The zero-order valence-corrected chi connectivity index (χ0v) is 53.3. The number of amides is 2. The molecule has 2 aliphatic rings. The van der Waals surface area contributed by atoms with E-state index in [0.29, 0.717) is 36.1 Å². The van der Waals surface area contributed by atoms with Crippen LogP contribution in [0.25, 0.3) is 30.2 Å². The van der Waals surface area contributed by atoms with Gasteiger partial charge in [0.15, 0.2) is 0 Å². The fourth-order valence-electron chi connectivity index (χ4n) is 11.9. The third-order valence-electron chi connectivity index (χ3n) is 16.4. The van der Waals surface area contributed by atoms with Crippen molar-refractivity contribution in [3.63, 3.8) is 0 Å². The van der Waals surface area contributed by atoms with Gasteiger partial charge in [0.2, 0.25) is 0 Å². The molecular formula is C64H98Br2N2O2S4. The molecule has 0 radical (unpaired) electrons. The van der Waals surface area contributed by atoms with Crippen LogP contribution in [0.15, 0.2) is 43.0 Å². The highest BCUT2D eigenvalue weighted by Gasteiger charge is 2.49. The molecule has 0 fully saturated rings. The topological polar surface area (TPSA) is 40.6 Å². The van der Waals surface area contributed by atoms with Crippen LogP contribution in [-0.4, -0.2) is 34.7 Å². The number of fused-ring (bicyclic) bond motifs is 3. The number of rotatable bonds is 44. The van der Waals surface area contributed by atoms with Crippen LogP contribution in [0, 0.1) is 11.8 Å². The number of unbranched alkanes of at least 4 members (excludes halogenated alkanes) is 28. The predicted octanol–water partition coefficient (Wildman–Crippen LogP) is 23.7. The van der Waals surface area contributed by atoms with Gasteiger partial charge in [-0.3, -0.25) is 9.59 Å². The Morgan fingerprint density at radius 2 is 0.608 bits per heavy atom. The third-order valence-corrected chi connectivity index (χ3v) is 22.0. The van der Waals surface area contributed by atoms with Crippen LogP contribution in [0.1, 0.15) is 281 Å². The second kappa shape index (κ2) is 35.3. The van der Waals surface area contributed by atoms with E-state index in [1.165, 1.54) is 250 Å². The molecule has 10 heteroatoms. The summed E-state index contributed by atoms with van der Waals surface area (Å²) in [4.78, 5) is 37.6. The zero-order chi connectivity index (χ0) is 52.3. The number of nitrogens with zero attached hydrogens (tertiary/aromatic N) is 2. The Balaban J connectivity index is 1.25. The quantitative estimate of drug-likeness (QED) is 0.0414. The van der Waals surface area contributed by atoms with Crippen molar-refractivity contribution in [3.8, 4) is 0 Å². The summed E-state index contributed by atoms with van der Waals surface area (Å²) in [5, 5.41) is 0. The Hall–Kier alpha value is -1.30. The van der Waals surface area contributed by atoms with Crippen molar-refractivity contribution >= 4 is 119 Å². The van der Waals surface area contributed by atoms with Gasteiger partial charge in [-0.2, -0.15) is 0 Å². The molecule has 0 aromatic carbocycles. The van der Waals surface area contributed by atoms with Gasteiger partial charge in [0.05, 0.1) is 39.9 Å². The average Bonchev–Trinajstić information content (AvgIpc) is 4.24. The van der Waals surface area contributed by atoms with Crippen LogP contribution in [0.2, 0.25) is 0 Å². The van der Waals surface area contributed by atoms with Gasteiger partial charge in [-0.1, -0.05) is 259 Å². The van der Waals surface area contributed by atoms with Gasteiger partial charge in [0.1, 0.15) is 0 Å².